The Labute approximate surface area is 154 Å². The van der Waals surface area contributed by atoms with Crippen LogP contribution in [0.3, 0.4) is 0 Å². The molecule has 4 aliphatic rings. The van der Waals surface area contributed by atoms with Crippen molar-refractivity contribution < 1.29 is 9.47 Å². The Bertz CT molecular complexity index is 427. The normalized spacial score (nSPS) is 40.5. The van der Waals surface area contributed by atoms with Crippen LogP contribution in [0.25, 0.3) is 0 Å². The monoisotopic (exact) mass is 344 g/mol. The first-order valence-electron chi connectivity index (χ1n) is 10.8. The molecule has 0 amide bonds. The van der Waals surface area contributed by atoms with Crippen LogP contribution in [-0.2, 0) is 9.47 Å². The SMILES string of the molecule is C1=CCC2CC(COCOCC3CCC4CC=CCC4C3)CCC2C1. The van der Waals surface area contributed by atoms with Crippen LogP contribution in [0.5, 0.6) is 0 Å². The third-order valence-corrected chi connectivity index (χ3v) is 7.46. The summed E-state index contributed by atoms with van der Waals surface area (Å²) >= 11 is 0. The summed E-state index contributed by atoms with van der Waals surface area (Å²) in [6.45, 7) is 2.33. The van der Waals surface area contributed by atoms with Crippen LogP contribution in [-0.4, -0.2) is 20.0 Å². The smallest absolute Gasteiger partial charge is 0.146 e. The lowest BCUT2D eigenvalue weighted by atomic mass is 9.70. The summed E-state index contributed by atoms with van der Waals surface area (Å²) < 4.78 is 11.8. The molecule has 0 bridgehead atoms. The maximum absolute atomic E-state index is 5.90. The molecule has 25 heavy (non-hydrogen) atoms. The van der Waals surface area contributed by atoms with Crippen LogP contribution in [0.15, 0.2) is 24.3 Å². The summed E-state index contributed by atoms with van der Waals surface area (Å²) in [5.74, 6) is 5.30. The van der Waals surface area contributed by atoms with E-state index in [9.17, 15) is 0 Å². The van der Waals surface area contributed by atoms with Crippen molar-refractivity contribution in [2.75, 3.05) is 20.0 Å². The van der Waals surface area contributed by atoms with E-state index < -0.39 is 0 Å². The van der Waals surface area contributed by atoms with Crippen molar-refractivity contribution in [3.05, 3.63) is 24.3 Å². The molecule has 0 aromatic heterocycles. The Morgan fingerprint density at radius 1 is 0.560 bits per heavy atom. The van der Waals surface area contributed by atoms with Gasteiger partial charge in [-0.15, -0.1) is 0 Å². The number of hydrogen-bond donors (Lipinski definition) is 0. The molecular weight excluding hydrogens is 308 g/mol. The Morgan fingerprint density at radius 2 is 1.00 bits per heavy atom. The van der Waals surface area contributed by atoms with Gasteiger partial charge in [-0.1, -0.05) is 24.3 Å². The molecule has 2 nitrogen and oxygen atoms in total. The first-order chi connectivity index (χ1) is 12.4. The minimum absolute atomic E-state index is 0.509. The van der Waals surface area contributed by atoms with Crippen molar-refractivity contribution in [1.82, 2.24) is 0 Å². The lowest BCUT2D eigenvalue weighted by Gasteiger charge is -2.37. The lowest BCUT2D eigenvalue weighted by molar-refractivity contribution is -0.0855. The highest BCUT2D eigenvalue weighted by atomic mass is 16.7. The van der Waals surface area contributed by atoms with Gasteiger partial charge in [0.1, 0.15) is 6.79 Å². The molecule has 6 atom stereocenters. The first-order valence-corrected chi connectivity index (χ1v) is 10.8. The summed E-state index contributed by atoms with van der Waals surface area (Å²) in [6, 6.07) is 0. The summed E-state index contributed by atoms with van der Waals surface area (Å²) in [7, 11) is 0. The molecule has 0 heterocycles. The van der Waals surface area contributed by atoms with Crippen molar-refractivity contribution in [3.8, 4) is 0 Å². The van der Waals surface area contributed by atoms with E-state index in [0.717, 1.165) is 48.7 Å². The molecule has 0 saturated heterocycles. The fourth-order valence-electron chi connectivity index (χ4n) is 5.92. The largest absolute Gasteiger partial charge is 0.355 e. The van der Waals surface area contributed by atoms with Gasteiger partial charge in [0.15, 0.2) is 0 Å². The summed E-state index contributed by atoms with van der Waals surface area (Å²) in [5.41, 5.74) is 0. The van der Waals surface area contributed by atoms with Crippen LogP contribution in [0, 0.1) is 35.5 Å². The second-order valence-electron chi connectivity index (χ2n) is 9.14. The highest BCUT2D eigenvalue weighted by Crippen LogP contribution is 2.41. The number of ether oxygens (including phenoxy) is 2. The maximum atomic E-state index is 5.90. The average molecular weight is 345 g/mol. The minimum atomic E-state index is 0.509. The molecule has 6 unspecified atom stereocenters. The number of fused-ring (bicyclic) bond motifs is 2. The van der Waals surface area contributed by atoms with Crippen LogP contribution >= 0.6 is 0 Å². The van der Waals surface area contributed by atoms with Gasteiger partial charge < -0.3 is 9.47 Å². The zero-order chi connectivity index (χ0) is 16.9. The first kappa shape index (κ1) is 17.8. The molecule has 4 rings (SSSR count). The molecule has 0 aromatic rings. The van der Waals surface area contributed by atoms with E-state index in [4.69, 9.17) is 9.47 Å². The van der Waals surface area contributed by atoms with Gasteiger partial charge in [-0.25, -0.2) is 0 Å². The number of allylic oxidation sites excluding steroid dienone is 4. The number of hydrogen-bond acceptors (Lipinski definition) is 2. The zero-order valence-electron chi connectivity index (χ0n) is 15.8. The van der Waals surface area contributed by atoms with Gasteiger partial charge in [0.2, 0.25) is 0 Å². The van der Waals surface area contributed by atoms with E-state index in [-0.39, 0.29) is 0 Å². The van der Waals surface area contributed by atoms with Gasteiger partial charge in [0, 0.05) is 0 Å². The third kappa shape index (κ3) is 4.77. The van der Waals surface area contributed by atoms with E-state index in [1.54, 1.807) is 0 Å². The molecular formula is C23H36O2. The average Bonchev–Trinajstić information content (AvgIpc) is 2.67. The van der Waals surface area contributed by atoms with Crippen molar-refractivity contribution in [1.29, 1.82) is 0 Å². The van der Waals surface area contributed by atoms with Gasteiger partial charge in [-0.2, -0.15) is 0 Å². The fourth-order valence-corrected chi connectivity index (χ4v) is 5.92. The minimum Gasteiger partial charge on any atom is -0.355 e. The molecule has 0 aromatic carbocycles. The van der Waals surface area contributed by atoms with Gasteiger partial charge in [0.05, 0.1) is 13.2 Å². The van der Waals surface area contributed by atoms with E-state index in [0.29, 0.717) is 6.79 Å². The van der Waals surface area contributed by atoms with Crippen molar-refractivity contribution in [2.24, 2.45) is 35.5 Å². The summed E-state index contributed by atoms with van der Waals surface area (Å²) in [4.78, 5) is 0. The van der Waals surface area contributed by atoms with Gasteiger partial charge in [-0.05, 0) is 99.7 Å². The Kier molecular flexibility index (Phi) is 6.31. The van der Waals surface area contributed by atoms with Crippen LogP contribution in [0.4, 0.5) is 0 Å². The van der Waals surface area contributed by atoms with E-state index in [1.165, 1.54) is 64.2 Å². The summed E-state index contributed by atoms with van der Waals surface area (Å²) in [5, 5.41) is 0. The summed E-state index contributed by atoms with van der Waals surface area (Å²) in [6.07, 6.45) is 23.1. The van der Waals surface area contributed by atoms with Gasteiger partial charge in [0.25, 0.3) is 0 Å². The highest BCUT2D eigenvalue weighted by Gasteiger charge is 2.31. The van der Waals surface area contributed by atoms with Crippen LogP contribution in [0.1, 0.15) is 64.2 Å². The second-order valence-corrected chi connectivity index (χ2v) is 9.14. The molecule has 0 radical (unpaired) electrons. The zero-order valence-corrected chi connectivity index (χ0v) is 15.8. The molecule has 0 spiro atoms. The van der Waals surface area contributed by atoms with Crippen molar-refractivity contribution >= 4 is 0 Å². The van der Waals surface area contributed by atoms with Crippen LogP contribution in [0.2, 0.25) is 0 Å². The lowest BCUT2D eigenvalue weighted by Crippen LogP contribution is -2.29. The molecule has 2 fully saturated rings. The third-order valence-electron chi connectivity index (χ3n) is 7.46. The molecule has 0 aliphatic heterocycles. The van der Waals surface area contributed by atoms with E-state index in [2.05, 4.69) is 24.3 Å². The van der Waals surface area contributed by atoms with E-state index >= 15 is 0 Å². The predicted molar refractivity (Wildman–Crippen MR) is 102 cm³/mol. The topological polar surface area (TPSA) is 18.5 Å². The Hall–Kier alpha value is -0.600. The van der Waals surface area contributed by atoms with Gasteiger partial charge in [-0.3, -0.25) is 0 Å². The predicted octanol–water partition coefficient (Wildman–Crippen LogP) is 5.74. The van der Waals surface area contributed by atoms with Crippen molar-refractivity contribution in [2.45, 2.75) is 64.2 Å². The van der Waals surface area contributed by atoms with Gasteiger partial charge >= 0.3 is 0 Å². The maximum Gasteiger partial charge on any atom is 0.146 e. The number of rotatable bonds is 6. The fraction of sp³-hybridized carbons (Fsp3) is 0.826. The molecule has 4 aliphatic carbocycles. The molecule has 2 heteroatoms. The molecule has 140 valence electrons. The van der Waals surface area contributed by atoms with E-state index in [1.807, 2.05) is 0 Å². The van der Waals surface area contributed by atoms with Crippen LogP contribution < -0.4 is 0 Å². The Balaban J connectivity index is 1.08. The Morgan fingerprint density at radius 3 is 1.48 bits per heavy atom. The highest BCUT2D eigenvalue weighted by molar-refractivity contribution is 4.97. The van der Waals surface area contributed by atoms with Crippen molar-refractivity contribution in [3.63, 3.8) is 0 Å². The molecule has 2 saturated carbocycles. The molecule has 0 N–H and O–H groups in total. The second kappa shape index (κ2) is 8.86. The quantitative estimate of drug-likeness (QED) is 0.347. The standard InChI is InChI=1S/C23H36O2/c1-3-7-22-13-18(9-11-20(22)5-1)15-24-17-25-16-19-10-12-21-6-2-4-8-23(21)14-19/h1-4,18-23H,5-17H2.